The van der Waals surface area contributed by atoms with E-state index in [9.17, 15) is 10.0 Å². The Bertz CT molecular complexity index is 430. The molecule has 0 saturated heterocycles. The summed E-state index contributed by atoms with van der Waals surface area (Å²) in [6.07, 6.45) is 2.18. The summed E-state index contributed by atoms with van der Waals surface area (Å²) in [6, 6.07) is 3.23. The van der Waals surface area contributed by atoms with Crippen LogP contribution < -0.4 is 4.73 Å². The molecule has 1 aliphatic heterocycles. The van der Waals surface area contributed by atoms with Crippen molar-refractivity contribution < 1.29 is 14.3 Å². The lowest BCUT2D eigenvalue weighted by molar-refractivity contribution is -0.605. The van der Waals surface area contributed by atoms with Crippen LogP contribution in [-0.2, 0) is 4.74 Å². The molecule has 2 heterocycles. The molecule has 6 heteroatoms. The number of hydrogen-bond acceptors (Lipinski definition) is 4. The van der Waals surface area contributed by atoms with Gasteiger partial charge in [0.25, 0.3) is 0 Å². The van der Waals surface area contributed by atoms with Crippen LogP contribution in [0.4, 0.5) is 4.79 Å². The minimum Gasteiger partial charge on any atom is -0.619 e. The fraction of sp³-hybridized carbons (Fsp3) is 0.222. The minimum absolute atomic E-state index is 0.184. The first kappa shape index (κ1) is 9.45. The van der Waals surface area contributed by atoms with E-state index in [1.54, 1.807) is 19.2 Å². The van der Waals surface area contributed by atoms with Crippen molar-refractivity contribution in [3.63, 3.8) is 0 Å². The van der Waals surface area contributed by atoms with E-state index in [0.29, 0.717) is 10.3 Å². The van der Waals surface area contributed by atoms with Crippen molar-refractivity contribution >= 4 is 12.0 Å². The summed E-state index contributed by atoms with van der Waals surface area (Å²) < 4.78 is 5.55. The monoisotopic (exact) mass is 207 g/mol. The second kappa shape index (κ2) is 3.56. The van der Waals surface area contributed by atoms with Gasteiger partial charge in [-0.3, -0.25) is 4.90 Å². The number of cyclic esters (lactones) is 1. The topological polar surface area (TPSA) is 68.8 Å². The van der Waals surface area contributed by atoms with Gasteiger partial charge in [-0.15, -0.1) is 0 Å². The number of carbonyl (C=O) groups excluding carboxylic acids is 1. The van der Waals surface area contributed by atoms with Crippen LogP contribution in [0.25, 0.3) is 0 Å². The molecule has 0 aromatic carbocycles. The first-order valence-electron chi connectivity index (χ1n) is 4.33. The quantitative estimate of drug-likeness (QED) is 0.484. The second-order valence-electron chi connectivity index (χ2n) is 3.12. The number of amides is 1. The van der Waals surface area contributed by atoms with Crippen molar-refractivity contribution in [3.05, 3.63) is 35.3 Å². The minimum atomic E-state index is -0.471. The zero-order valence-electron chi connectivity index (χ0n) is 8.08. The second-order valence-corrected chi connectivity index (χ2v) is 3.12. The predicted molar refractivity (Wildman–Crippen MR) is 51.1 cm³/mol. The fourth-order valence-corrected chi connectivity index (χ4v) is 1.15. The lowest BCUT2D eigenvalue weighted by atomic mass is 10.3. The maximum absolute atomic E-state index is 11.2. The molecule has 0 fully saturated rings. The maximum Gasteiger partial charge on any atom is 0.417 e. The van der Waals surface area contributed by atoms with Crippen LogP contribution in [0, 0.1) is 5.21 Å². The van der Waals surface area contributed by atoms with Gasteiger partial charge in [0, 0.05) is 13.1 Å². The molecule has 1 aromatic rings. The molecule has 78 valence electrons. The van der Waals surface area contributed by atoms with Crippen LogP contribution in [0.15, 0.2) is 29.5 Å². The summed E-state index contributed by atoms with van der Waals surface area (Å²) in [7, 11) is 1.58. The Hall–Kier alpha value is -2.11. The van der Waals surface area contributed by atoms with E-state index in [1.165, 1.54) is 17.3 Å². The summed E-state index contributed by atoms with van der Waals surface area (Å²) in [5, 5.41) is 11.0. The fourth-order valence-electron chi connectivity index (χ4n) is 1.15. The highest BCUT2D eigenvalue weighted by Gasteiger charge is 2.21. The van der Waals surface area contributed by atoms with Gasteiger partial charge in [0.1, 0.15) is 12.2 Å². The van der Waals surface area contributed by atoms with E-state index in [4.69, 9.17) is 4.74 Å². The molecule has 0 saturated carbocycles. The van der Waals surface area contributed by atoms with Gasteiger partial charge in [-0.25, -0.2) is 9.79 Å². The van der Waals surface area contributed by atoms with E-state index in [2.05, 4.69) is 4.99 Å². The van der Waals surface area contributed by atoms with Crippen molar-refractivity contribution in [2.24, 2.45) is 4.99 Å². The maximum atomic E-state index is 11.2. The SMILES string of the molecule is CN1CN=C(c2ccc[n+]([O-])c2)OC1=O. The molecule has 1 aliphatic rings. The van der Waals surface area contributed by atoms with Gasteiger partial charge >= 0.3 is 6.09 Å². The van der Waals surface area contributed by atoms with E-state index in [-0.39, 0.29) is 12.6 Å². The number of aliphatic imine (C=N–C) groups is 1. The van der Waals surface area contributed by atoms with Crippen LogP contribution in [0.1, 0.15) is 5.56 Å². The van der Waals surface area contributed by atoms with Crippen LogP contribution in [0.5, 0.6) is 0 Å². The smallest absolute Gasteiger partial charge is 0.417 e. The molecular formula is C9H9N3O3. The van der Waals surface area contributed by atoms with Crippen molar-refractivity contribution in [1.82, 2.24) is 4.90 Å². The Kier molecular flexibility index (Phi) is 2.24. The van der Waals surface area contributed by atoms with Gasteiger partial charge in [-0.1, -0.05) is 0 Å². The van der Waals surface area contributed by atoms with Gasteiger partial charge in [-0.2, -0.15) is 4.73 Å². The number of hydrogen-bond donors (Lipinski definition) is 0. The molecule has 0 aliphatic carbocycles. The average molecular weight is 207 g/mol. The van der Waals surface area contributed by atoms with Crippen LogP contribution in [-0.4, -0.2) is 30.6 Å². The number of nitrogens with zero attached hydrogens (tertiary/aromatic N) is 3. The third kappa shape index (κ3) is 1.88. The highest BCUT2D eigenvalue weighted by Crippen LogP contribution is 2.07. The number of ether oxygens (including phenoxy) is 1. The third-order valence-electron chi connectivity index (χ3n) is 1.94. The summed E-state index contributed by atoms with van der Waals surface area (Å²) in [5.41, 5.74) is 0.494. The van der Waals surface area contributed by atoms with Crippen LogP contribution >= 0.6 is 0 Å². The molecule has 0 unspecified atom stereocenters. The van der Waals surface area contributed by atoms with Gasteiger partial charge in [-0.05, 0) is 6.07 Å². The van der Waals surface area contributed by atoms with E-state index in [1.807, 2.05) is 0 Å². The standard InChI is InChI=1S/C9H9N3O3/c1-11-6-10-8(15-9(11)13)7-3-2-4-12(14)5-7/h2-5H,6H2,1H3. The molecule has 2 rings (SSSR count). The van der Waals surface area contributed by atoms with E-state index in [0.717, 1.165) is 0 Å². The van der Waals surface area contributed by atoms with E-state index >= 15 is 0 Å². The third-order valence-corrected chi connectivity index (χ3v) is 1.94. The van der Waals surface area contributed by atoms with Crippen molar-refractivity contribution in [2.75, 3.05) is 13.7 Å². The number of carbonyl (C=O) groups is 1. The van der Waals surface area contributed by atoms with Gasteiger partial charge < -0.3 is 9.94 Å². The molecule has 0 spiro atoms. The van der Waals surface area contributed by atoms with Crippen molar-refractivity contribution in [3.8, 4) is 0 Å². The normalized spacial score (nSPS) is 15.9. The Morgan fingerprint density at radius 1 is 1.67 bits per heavy atom. The zero-order valence-corrected chi connectivity index (χ0v) is 8.08. The molecule has 0 atom stereocenters. The van der Waals surface area contributed by atoms with Crippen LogP contribution in [0.2, 0.25) is 0 Å². The summed E-state index contributed by atoms with van der Waals surface area (Å²) in [4.78, 5) is 16.6. The molecule has 1 amide bonds. The Morgan fingerprint density at radius 2 is 2.47 bits per heavy atom. The van der Waals surface area contributed by atoms with Gasteiger partial charge in [0.2, 0.25) is 5.90 Å². The van der Waals surface area contributed by atoms with Crippen molar-refractivity contribution in [2.45, 2.75) is 0 Å². The van der Waals surface area contributed by atoms with Crippen LogP contribution in [0.3, 0.4) is 0 Å². The number of rotatable bonds is 1. The molecule has 6 nitrogen and oxygen atoms in total. The number of aromatic nitrogens is 1. The Morgan fingerprint density at radius 3 is 3.13 bits per heavy atom. The van der Waals surface area contributed by atoms with Crippen molar-refractivity contribution in [1.29, 1.82) is 0 Å². The first-order chi connectivity index (χ1) is 7.16. The number of pyridine rings is 1. The summed E-state index contributed by atoms with van der Waals surface area (Å²) in [5.74, 6) is 0.184. The molecule has 0 bridgehead atoms. The summed E-state index contributed by atoms with van der Waals surface area (Å²) >= 11 is 0. The molecule has 0 radical (unpaired) electrons. The molecular weight excluding hydrogens is 198 g/mol. The molecule has 15 heavy (non-hydrogen) atoms. The highest BCUT2D eigenvalue weighted by molar-refractivity contribution is 6.00. The first-order valence-corrected chi connectivity index (χ1v) is 4.33. The van der Waals surface area contributed by atoms with Gasteiger partial charge in [0.05, 0.1) is 0 Å². The van der Waals surface area contributed by atoms with E-state index < -0.39 is 6.09 Å². The lowest BCUT2D eigenvalue weighted by Crippen LogP contribution is -2.36. The molecule has 1 aromatic heterocycles. The molecule has 0 N–H and O–H groups in total. The lowest BCUT2D eigenvalue weighted by Gasteiger charge is -2.20. The summed E-state index contributed by atoms with van der Waals surface area (Å²) in [6.45, 7) is 0.238. The Labute approximate surface area is 86.0 Å². The highest BCUT2D eigenvalue weighted by atomic mass is 16.6. The Balaban J connectivity index is 2.29. The zero-order chi connectivity index (χ0) is 10.8. The average Bonchev–Trinajstić information content (AvgIpc) is 2.22. The van der Waals surface area contributed by atoms with Gasteiger partial charge in [0.15, 0.2) is 12.4 Å². The largest absolute Gasteiger partial charge is 0.619 e. The predicted octanol–water partition coefficient (Wildman–Crippen LogP) is 0.106.